The van der Waals surface area contributed by atoms with Gasteiger partial charge in [0, 0.05) is 32.4 Å². The minimum absolute atomic E-state index is 0.0996. The Kier molecular flexibility index (Phi) is 5.64. The zero-order valence-corrected chi connectivity index (χ0v) is 16.0. The molecule has 1 N–H and O–H groups in total. The molecule has 0 radical (unpaired) electrons. The summed E-state index contributed by atoms with van der Waals surface area (Å²) in [5.74, 6) is 1.24. The SMILES string of the molecule is CCNC(=NCC(C)(C)CCS(C)(=O)=O)N1CCC2(CCC2)C1. The number of hydrogen-bond acceptors (Lipinski definition) is 3. The Hall–Kier alpha value is -0.780. The average molecular weight is 344 g/mol. The molecule has 1 spiro atoms. The molecule has 1 saturated carbocycles. The molecule has 23 heavy (non-hydrogen) atoms. The number of sulfone groups is 1. The van der Waals surface area contributed by atoms with E-state index in [1.165, 1.54) is 31.9 Å². The van der Waals surface area contributed by atoms with Crippen molar-refractivity contribution in [3.05, 3.63) is 0 Å². The van der Waals surface area contributed by atoms with Gasteiger partial charge < -0.3 is 10.2 Å². The van der Waals surface area contributed by atoms with Gasteiger partial charge >= 0.3 is 0 Å². The monoisotopic (exact) mass is 343 g/mol. The third-order valence-corrected chi connectivity index (χ3v) is 6.24. The second kappa shape index (κ2) is 6.99. The molecule has 0 aromatic heterocycles. The Morgan fingerprint density at radius 1 is 1.30 bits per heavy atom. The van der Waals surface area contributed by atoms with E-state index in [4.69, 9.17) is 4.99 Å². The van der Waals surface area contributed by atoms with Crippen molar-refractivity contribution >= 4 is 15.8 Å². The molecule has 0 aromatic carbocycles. The normalized spacial score (nSPS) is 21.6. The van der Waals surface area contributed by atoms with Gasteiger partial charge in [0.25, 0.3) is 0 Å². The van der Waals surface area contributed by atoms with Crippen LogP contribution in [0.2, 0.25) is 0 Å². The summed E-state index contributed by atoms with van der Waals surface area (Å²) in [7, 11) is -2.91. The minimum Gasteiger partial charge on any atom is -0.357 e. The molecule has 2 rings (SSSR count). The largest absolute Gasteiger partial charge is 0.357 e. The predicted molar refractivity (Wildman–Crippen MR) is 96.6 cm³/mol. The lowest BCUT2D eigenvalue weighted by Crippen LogP contribution is -2.43. The van der Waals surface area contributed by atoms with Crippen molar-refractivity contribution in [2.75, 3.05) is 38.2 Å². The zero-order valence-electron chi connectivity index (χ0n) is 15.2. The molecule has 1 aliphatic heterocycles. The maximum Gasteiger partial charge on any atom is 0.193 e. The van der Waals surface area contributed by atoms with E-state index in [2.05, 4.69) is 31.0 Å². The van der Waals surface area contributed by atoms with Crippen molar-refractivity contribution in [2.45, 2.75) is 52.9 Å². The summed E-state index contributed by atoms with van der Waals surface area (Å²) in [5.41, 5.74) is 0.458. The predicted octanol–water partition coefficient (Wildman–Crippen LogP) is 2.29. The second-order valence-corrected chi connectivity index (χ2v) is 10.5. The van der Waals surface area contributed by atoms with E-state index in [1.54, 1.807) is 0 Å². The van der Waals surface area contributed by atoms with E-state index in [0.29, 0.717) is 18.4 Å². The van der Waals surface area contributed by atoms with Crippen molar-refractivity contribution in [3.63, 3.8) is 0 Å². The molecular formula is C17H33N3O2S. The molecule has 134 valence electrons. The van der Waals surface area contributed by atoms with E-state index in [0.717, 1.165) is 25.6 Å². The first kappa shape index (κ1) is 18.6. The van der Waals surface area contributed by atoms with Crippen molar-refractivity contribution in [2.24, 2.45) is 15.8 Å². The first-order chi connectivity index (χ1) is 10.6. The lowest BCUT2D eigenvalue weighted by atomic mass is 9.68. The highest BCUT2D eigenvalue weighted by Gasteiger charge is 2.43. The molecule has 0 atom stereocenters. The van der Waals surface area contributed by atoms with Crippen molar-refractivity contribution < 1.29 is 8.42 Å². The molecule has 6 heteroatoms. The van der Waals surface area contributed by atoms with Gasteiger partial charge in [-0.25, -0.2) is 8.42 Å². The number of hydrogen-bond donors (Lipinski definition) is 1. The Morgan fingerprint density at radius 2 is 2.00 bits per heavy atom. The van der Waals surface area contributed by atoms with Crippen LogP contribution in [0.1, 0.15) is 52.9 Å². The van der Waals surface area contributed by atoms with Crippen molar-refractivity contribution in [1.82, 2.24) is 10.2 Å². The molecule has 0 bridgehead atoms. The fourth-order valence-corrected chi connectivity index (χ4v) is 4.38. The third-order valence-electron chi connectivity index (χ3n) is 5.29. The van der Waals surface area contributed by atoms with Gasteiger partial charge in [-0.3, -0.25) is 4.99 Å². The third kappa shape index (κ3) is 5.37. The van der Waals surface area contributed by atoms with Crippen molar-refractivity contribution in [3.8, 4) is 0 Å². The number of nitrogens with zero attached hydrogens (tertiary/aromatic N) is 2. The molecule has 5 nitrogen and oxygen atoms in total. The van der Waals surface area contributed by atoms with Gasteiger partial charge in [-0.15, -0.1) is 0 Å². The maximum absolute atomic E-state index is 11.4. The maximum atomic E-state index is 11.4. The van der Waals surface area contributed by atoms with E-state index < -0.39 is 9.84 Å². The first-order valence-corrected chi connectivity index (χ1v) is 10.9. The molecule has 0 amide bonds. The van der Waals surface area contributed by atoms with Crippen LogP contribution in [-0.4, -0.2) is 57.5 Å². The highest BCUT2D eigenvalue weighted by Crippen LogP contribution is 2.47. The van der Waals surface area contributed by atoms with Gasteiger partial charge in [0.05, 0.1) is 5.75 Å². The van der Waals surface area contributed by atoms with Crippen LogP contribution < -0.4 is 5.32 Å². The van der Waals surface area contributed by atoms with E-state index >= 15 is 0 Å². The smallest absolute Gasteiger partial charge is 0.193 e. The van der Waals surface area contributed by atoms with Crippen LogP contribution in [0.25, 0.3) is 0 Å². The van der Waals surface area contributed by atoms with E-state index in [1.807, 2.05) is 0 Å². The molecule has 2 aliphatic rings. The summed E-state index contributed by atoms with van der Waals surface area (Å²) in [6.45, 7) is 10.0. The van der Waals surface area contributed by atoms with Crippen LogP contribution >= 0.6 is 0 Å². The number of rotatable bonds is 6. The van der Waals surface area contributed by atoms with Crippen LogP contribution in [-0.2, 0) is 9.84 Å². The number of nitrogens with one attached hydrogen (secondary N) is 1. The summed E-state index contributed by atoms with van der Waals surface area (Å²) >= 11 is 0. The molecule has 1 saturated heterocycles. The molecule has 0 aromatic rings. The fourth-order valence-electron chi connectivity index (χ4n) is 3.46. The van der Waals surface area contributed by atoms with E-state index in [9.17, 15) is 8.42 Å². The molecular weight excluding hydrogens is 310 g/mol. The quantitative estimate of drug-likeness (QED) is 0.594. The number of aliphatic imine (C=N–C) groups is 1. The summed E-state index contributed by atoms with van der Waals surface area (Å²) < 4.78 is 22.8. The average Bonchev–Trinajstić information content (AvgIpc) is 2.86. The topological polar surface area (TPSA) is 61.8 Å². The Labute approximate surface area is 141 Å². The number of likely N-dealkylation sites (tertiary alicyclic amines) is 1. The standard InChI is InChI=1S/C17H33N3O2S/c1-5-18-15(20-11-9-17(14-20)7-6-8-17)19-13-16(2,3)10-12-23(4,21)22/h5-14H2,1-4H3,(H,18,19). The van der Waals surface area contributed by atoms with Crippen LogP contribution in [0.5, 0.6) is 0 Å². The zero-order chi connectivity index (χ0) is 17.1. The minimum atomic E-state index is -2.91. The number of guanidine groups is 1. The lowest BCUT2D eigenvalue weighted by Gasteiger charge is -2.38. The van der Waals surface area contributed by atoms with Crippen LogP contribution in [0.3, 0.4) is 0 Å². The van der Waals surface area contributed by atoms with Gasteiger partial charge in [0.15, 0.2) is 5.96 Å². The van der Waals surface area contributed by atoms with Gasteiger partial charge in [-0.2, -0.15) is 0 Å². The lowest BCUT2D eigenvalue weighted by molar-refractivity contribution is 0.151. The van der Waals surface area contributed by atoms with E-state index in [-0.39, 0.29) is 11.2 Å². The highest BCUT2D eigenvalue weighted by molar-refractivity contribution is 7.90. The first-order valence-electron chi connectivity index (χ1n) is 8.86. The van der Waals surface area contributed by atoms with Crippen LogP contribution in [0.4, 0.5) is 0 Å². The Bertz CT molecular complexity index is 536. The Balaban J connectivity index is 1.95. The molecule has 1 heterocycles. The summed E-state index contributed by atoms with van der Waals surface area (Å²) in [4.78, 5) is 7.23. The summed E-state index contributed by atoms with van der Waals surface area (Å²) in [6.07, 6.45) is 7.35. The van der Waals surface area contributed by atoms with Gasteiger partial charge in [-0.05, 0) is 43.4 Å². The van der Waals surface area contributed by atoms with Crippen molar-refractivity contribution in [1.29, 1.82) is 0 Å². The fraction of sp³-hybridized carbons (Fsp3) is 0.941. The Morgan fingerprint density at radius 3 is 2.48 bits per heavy atom. The molecule has 1 aliphatic carbocycles. The molecule has 2 fully saturated rings. The second-order valence-electron chi connectivity index (χ2n) is 8.24. The van der Waals surface area contributed by atoms with Gasteiger partial charge in [-0.1, -0.05) is 20.3 Å². The summed E-state index contributed by atoms with van der Waals surface area (Å²) in [6, 6.07) is 0. The van der Waals surface area contributed by atoms with Gasteiger partial charge in [0.2, 0.25) is 0 Å². The highest BCUT2D eigenvalue weighted by atomic mass is 32.2. The van der Waals surface area contributed by atoms with Gasteiger partial charge in [0.1, 0.15) is 9.84 Å². The summed E-state index contributed by atoms with van der Waals surface area (Å²) in [5, 5.41) is 3.41. The van der Waals surface area contributed by atoms with Crippen LogP contribution in [0.15, 0.2) is 4.99 Å². The molecule has 0 unspecified atom stereocenters. The van der Waals surface area contributed by atoms with Crippen LogP contribution in [0, 0.1) is 10.8 Å².